The molecule has 2 aromatic rings. The molecule has 3 rings (SSSR count). The van der Waals surface area contributed by atoms with Gasteiger partial charge in [-0.05, 0) is 18.9 Å². The van der Waals surface area contributed by atoms with Gasteiger partial charge in [-0.25, -0.2) is 18.8 Å². The van der Waals surface area contributed by atoms with Crippen molar-refractivity contribution in [3.8, 4) is 0 Å². The van der Waals surface area contributed by atoms with Gasteiger partial charge in [-0.3, -0.25) is 9.59 Å². The van der Waals surface area contributed by atoms with Crippen LogP contribution in [0.15, 0.2) is 18.5 Å². The van der Waals surface area contributed by atoms with E-state index in [1.54, 1.807) is 17.3 Å². The molecule has 0 aromatic carbocycles. The number of piperidine rings is 1. The van der Waals surface area contributed by atoms with Crippen molar-refractivity contribution in [3.05, 3.63) is 24.0 Å². The molecule has 0 saturated carbocycles. The van der Waals surface area contributed by atoms with Crippen LogP contribution in [0.3, 0.4) is 0 Å². The molecule has 1 saturated heterocycles. The van der Waals surface area contributed by atoms with Gasteiger partial charge in [0, 0.05) is 60.7 Å². The summed E-state index contributed by atoms with van der Waals surface area (Å²) >= 11 is 0. The summed E-state index contributed by atoms with van der Waals surface area (Å²) in [7, 11) is 0. The van der Waals surface area contributed by atoms with Crippen LogP contribution in [-0.2, 0) is 4.79 Å². The number of aromatic amines is 1. The standard InChI is InChI=1S/C18H23F2N5O2/c1-21-18(27)13-9-23-17-12(6-7-22-17)16(13)24-25-8-2-3-11(10-25)14(26)4-5-15(19)20/h6-7,9,11,15H,2-5,8,10H2,1H3,(H,21,27)(H2,22,23,24)/t11-/m0/s1/i1D3. The smallest absolute Gasteiger partial charge is 0.254 e. The first-order valence-corrected chi connectivity index (χ1v) is 8.75. The number of alkyl halides is 2. The summed E-state index contributed by atoms with van der Waals surface area (Å²) in [5.41, 5.74) is 4.04. The number of Topliss-reactive ketones (excluding diaryl/α,β-unsaturated/α-hetero) is 1. The van der Waals surface area contributed by atoms with Crippen molar-refractivity contribution >= 4 is 28.4 Å². The predicted octanol–water partition coefficient (Wildman–Crippen LogP) is 2.58. The number of halogens is 2. The molecule has 1 aliphatic heterocycles. The molecule has 0 spiro atoms. The fourth-order valence-electron chi connectivity index (χ4n) is 3.32. The van der Waals surface area contributed by atoms with Crippen LogP contribution in [0.1, 0.15) is 40.2 Å². The van der Waals surface area contributed by atoms with E-state index in [0.717, 1.165) is 0 Å². The number of fused-ring (bicyclic) bond motifs is 1. The van der Waals surface area contributed by atoms with Crippen LogP contribution in [-0.4, -0.2) is 53.2 Å². The number of aromatic nitrogens is 2. The number of H-pyrrole nitrogens is 1. The fraction of sp³-hybridized carbons (Fsp3) is 0.500. The Kier molecular flexibility index (Phi) is 4.84. The third-order valence-corrected chi connectivity index (χ3v) is 4.70. The van der Waals surface area contributed by atoms with E-state index in [9.17, 15) is 18.4 Å². The largest absolute Gasteiger partial charge is 0.355 e. The minimum atomic E-state index is -2.66. The summed E-state index contributed by atoms with van der Waals surface area (Å²) in [6.07, 6.45) is 1.08. The molecule has 1 aliphatic rings. The number of nitrogens with one attached hydrogen (secondary N) is 3. The number of hydrazine groups is 1. The Morgan fingerprint density at radius 3 is 3.15 bits per heavy atom. The Morgan fingerprint density at radius 2 is 2.37 bits per heavy atom. The van der Waals surface area contributed by atoms with Gasteiger partial charge >= 0.3 is 0 Å². The molecule has 9 heteroatoms. The average molecular weight is 382 g/mol. The molecule has 146 valence electrons. The molecule has 0 radical (unpaired) electrons. The lowest BCUT2D eigenvalue weighted by Gasteiger charge is -2.33. The lowest BCUT2D eigenvalue weighted by atomic mass is 9.92. The van der Waals surface area contributed by atoms with Gasteiger partial charge in [0.25, 0.3) is 5.91 Å². The Labute approximate surface area is 159 Å². The number of hydrogen-bond acceptors (Lipinski definition) is 5. The zero-order valence-electron chi connectivity index (χ0n) is 17.6. The Morgan fingerprint density at radius 1 is 1.52 bits per heavy atom. The minimum absolute atomic E-state index is 0.0457. The van der Waals surface area contributed by atoms with Gasteiger partial charge in [-0.1, -0.05) is 0 Å². The number of anilines is 1. The number of rotatable bonds is 7. The SMILES string of the molecule is [2H]C([2H])([2H])NC(=O)c1cnc2[nH]ccc2c1NN1CCC[C@H](C(=O)CCC(F)F)C1. The summed E-state index contributed by atoms with van der Waals surface area (Å²) in [5.74, 6) is -1.40. The Balaban J connectivity index is 1.80. The van der Waals surface area contributed by atoms with Gasteiger partial charge in [0.2, 0.25) is 6.43 Å². The molecule has 3 heterocycles. The Bertz CT molecular complexity index is 919. The maximum atomic E-state index is 12.5. The quantitative estimate of drug-likeness (QED) is 0.685. The molecule has 1 fully saturated rings. The van der Waals surface area contributed by atoms with Crippen LogP contribution in [0, 0.1) is 5.92 Å². The highest BCUT2D eigenvalue weighted by atomic mass is 19.3. The number of carbonyl (C=O) groups excluding carboxylic acids is 2. The van der Waals surface area contributed by atoms with E-state index < -0.39 is 25.7 Å². The van der Waals surface area contributed by atoms with Crippen molar-refractivity contribution in [1.29, 1.82) is 0 Å². The van der Waals surface area contributed by atoms with E-state index in [-0.39, 0.29) is 23.7 Å². The van der Waals surface area contributed by atoms with Crippen LogP contribution in [0.2, 0.25) is 0 Å². The molecule has 27 heavy (non-hydrogen) atoms. The first-order valence-electron chi connectivity index (χ1n) is 10.2. The summed E-state index contributed by atoms with van der Waals surface area (Å²) in [5, 5.41) is 4.29. The third kappa shape index (κ3) is 4.41. The lowest BCUT2D eigenvalue weighted by molar-refractivity contribution is -0.125. The minimum Gasteiger partial charge on any atom is -0.355 e. The van der Waals surface area contributed by atoms with E-state index in [2.05, 4.69) is 15.4 Å². The zero-order chi connectivity index (χ0) is 21.9. The first kappa shape index (κ1) is 15.5. The molecule has 2 aromatic heterocycles. The zero-order valence-corrected chi connectivity index (χ0v) is 14.6. The molecule has 1 amide bonds. The van der Waals surface area contributed by atoms with Gasteiger partial charge in [-0.15, -0.1) is 0 Å². The summed E-state index contributed by atoms with van der Waals surface area (Å²) in [6.45, 7) is -1.78. The molecular weight excluding hydrogens is 356 g/mol. The third-order valence-electron chi connectivity index (χ3n) is 4.70. The van der Waals surface area contributed by atoms with E-state index in [4.69, 9.17) is 4.11 Å². The van der Waals surface area contributed by atoms with Gasteiger partial charge in [0.05, 0.1) is 11.3 Å². The molecule has 1 atom stereocenters. The summed E-state index contributed by atoms with van der Waals surface area (Å²) in [6, 6.07) is 1.70. The number of amides is 1. The molecule has 7 nitrogen and oxygen atoms in total. The normalized spacial score (nSPS) is 20.1. The number of pyridine rings is 1. The van der Waals surface area contributed by atoms with Gasteiger partial charge < -0.3 is 15.7 Å². The average Bonchev–Trinajstić information content (AvgIpc) is 3.14. The van der Waals surface area contributed by atoms with Crippen LogP contribution >= 0.6 is 0 Å². The van der Waals surface area contributed by atoms with Crippen molar-refractivity contribution in [3.63, 3.8) is 0 Å². The van der Waals surface area contributed by atoms with Crippen molar-refractivity contribution in [2.75, 3.05) is 25.5 Å². The van der Waals surface area contributed by atoms with Crippen molar-refractivity contribution < 1.29 is 22.5 Å². The number of hydrogen-bond donors (Lipinski definition) is 3. The topological polar surface area (TPSA) is 90.1 Å². The van der Waals surface area contributed by atoms with Crippen molar-refractivity contribution in [2.45, 2.75) is 32.1 Å². The number of nitrogens with zero attached hydrogens (tertiary/aromatic N) is 2. The van der Waals surface area contributed by atoms with Crippen LogP contribution in [0.4, 0.5) is 14.5 Å². The van der Waals surface area contributed by atoms with E-state index in [1.807, 2.05) is 5.32 Å². The van der Waals surface area contributed by atoms with Crippen molar-refractivity contribution in [1.82, 2.24) is 20.3 Å². The van der Waals surface area contributed by atoms with Crippen molar-refractivity contribution in [2.24, 2.45) is 5.92 Å². The second kappa shape index (κ2) is 8.43. The second-order valence-electron chi connectivity index (χ2n) is 6.53. The van der Waals surface area contributed by atoms with Gasteiger partial charge in [0.1, 0.15) is 11.4 Å². The maximum Gasteiger partial charge on any atom is 0.254 e. The maximum absolute atomic E-state index is 12.5. The Hall–Kier alpha value is -2.55. The highest BCUT2D eigenvalue weighted by Crippen LogP contribution is 2.28. The summed E-state index contributed by atoms with van der Waals surface area (Å²) in [4.78, 5) is 31.9. The van der Waals surface area contributed by atoms with Crippen LogP contribution < -0.4 is 10.7 Å². The van der Waals surface area contributed by atoms with E-state index in [1.165, 1.54) is 6.20 Å². The summed E-state index contributed by atoms with van der Waals surface area (Å²) < 4.78 is 46.6. The highest BCUT2D eigenvalue weighted by Gasteiger charge is 2.27. The molecule has 0 bridgehead atoms. The fourth-order valence-corrected chi connectivity index (χ4v) is 3.32. The molecular formula is C18H23F2N5O2. The van der Waals surface area contributed by atoms with Crippen LogP contribution in [0.25, 0.3) is 11.0 Å². The van der Waals surface area contributed by atoms with E-state index >= 15 is 0 Å². The molecule has 0 unspecified atom stereocenters. The van der Waals surface area contributed by atoms with E-state index in [0.29, 0.717) is 42.7 Å². The van der Waals surface area contributed by atoms with Crippen LogP contribution in [0.5, 0.6) is 0 Å². The highest BCUT2D eigenvalue weighted by molar-refractivity contribution is 6.06. The predicted molar refractivity (Wildman–Crippen MR) is 97.6 cm³/mol. The number of carbonyl (C=O) groups is 2. The van der Waals surface area contributed by atoms with Gasteiger partial charge in [0.15, 0.2) is 0 Å². The number of ketones is 1. The second-order valence-corrected chi connectivity index (χ2v) is 6.53. The lowest BCUT2D eigenvalue weighted by Crippen LogP contribution is -2.42. The molecule has 0 aliphatic carbocycles. The first-order chi connectivity index (χ1) is 14.1. The monoisotopic (exact) mass is 382 g/mol. The molecule has 3 N–H and O–H groups in total. The van der Waals surface area contributed by atoms with Gasteiger partial charge in [-0.2, -0.15) is 0 Å².